The number of carbonyl (C=O) groups is 1. The van der Waals surface area contributed by atoms with Crippen molar-refractivity contribution in [2.24, 2.45) is 0 Å². The van der Waals surface area contributed by atoms with Crippen LogP contribution in [0.3, 0.4) is 0 Å². The zero-order valence-electron chi connectivity index (χ0n) is 8.67. The van der Waals surface area contributed by atoms with Crippen molar-refractivity contribution in [3.63, 3.8) is 0 Å². The summed E-state index contributed by atoms with van der Waals surface area (Å²) < 4.78 is 0. The van der Waals surface area contributed by atoms with Gasteiger partial charge in [0.25, 0.3) is 0 Å². The topological polar surface area (TPSA) is 63.1 Å². The van der Waals surface area contributed by atoms with E-state index in [4.69, 9.17) is 5.11 Å². The van der Waals surface area contributed by atoms with Gasteiger partial charge in [-0.3, -0.25) is 0 Å². The monoisotopic (exact) mass is 234 g/mol. The van der Waals surface area contributed by atoms with Gasteiger partial charge in [-0.15, -0.1) is 11.3 Å². The summed E-state index contributed by atoms with van der Waals surface area (Å²) in [6.45, 7) is 1.77. The second-order valence-electron chi connectivity index (χ2n) is 3.37. The molecule has 5 heteroatoms. The van der Waals surface area contributed by atoms with Crippen LogP contribution in [0.1, 0.15) is 26.9 Å². The zero-order chi connectivity index (χ0) is 11.5. The van der Waals surface area contributed by atoms with E-state index in [0.29, 0.717) is 17.9 Å². The molecule has 2 rings (SSSR count). The van der Waals surface area contributed by atoms with Gasteiger partial charge in [0.15, 0.2) is 5.69 Å². The molecule has 2 aromatic heterocycles. The van der Waals surface area contributed by atoms with Crippen LogP contribution in [-0.4, -0.2) is 21.0 Å². The third-order valence-corrected chi connectivity index (χ3v) is 2.91. The molecule has 0 atom stereocenters. The van der Waals surface area contributed by atoms with Crippen molar-refractivity contribution in [3.8, 4) is 0 Å². The van der Waals surface area contributed by atoms with Crippen LogP contribution >= 0.6 is 11.3 Å². The van der Waals surface area contributed by atoms with Crippen LogP contribution in [0, 0.1) is 6.92 Å². The number of aromatic nitrogens is 2. The van der Waals surface area contributed by atoms with E-state index in [1.807, 2.05) is 17.5 Å². The Morgan fingerprint density at radius 2 is 2.31 bits per heavy atom. The molecule has 16 heavy (non-hydrogen) atoms. The van der Waals surface area contributed by atoms with E-state index in [-0.39, 0.29) is 5.69 Å². The minimum absolute atomic E-state index is 0.0547. The van der Waals surface area contributed by atoms with Crippen molar-refractivity contribution >= 4 is 17.3 Å². The van der Waals surface area contributed by atoms with Gasteiger partial charge in [-0.05, 0) is 24.4 Å². The van der Waals surface area contributed by atoms with Crippen LogP contribution in [0.5, 0.6) is 0 Å². The van der Waals surface area contributed by atoms with Crippen LogP contribution in [0.15, 0.2) is 23.6 Å². The highest BCUT2D eigenvalue weighted by molar-refractivity contribution is 7.09. The molecule has 0 bridgehead atoms. The second-order valence-corrected chi connectivity index (χ2v) is 4.40. The molecule has 0 radical (unpaired) electrons. The van der Waals surface area contributed by atoms with E-state index in [0.717, 1.165) is 4.88 Å². The summed E-state index contributed by atoms with van der Waals surface area (Å²) in [6, 6.07) is 5.41. The number of thiophene rings is 1. The molecule has 0 aliphatic rings. The molecule has 2 aromatic rings. The molecule has 4 nitrogen and oxygen atoms in total. The Bertz CT molecular complexity index is 509. The Morgan fingerprint density at radius 3 is 2.94 bits per heavy atom. The summed E-state index contributed by atoms with van der Waals surface area (Å²) in [7, 11) is 0. The Balaban J connectivity index is 2.31. The highest BCUT2D eigenvalue weighted by atomic mass is 32.1. The third-order valence-electron chi connectivity index (χ3n) is 2.03. The van der Waals surface area contributed by atoms with Crippen molar-refractivity contribution in [2.45, 2.75) is 13.3 Å². The minimum Gasteiger partial charge on any atom is -0.477 e. The van der Waals surface area contributed by atoms with Crippen LogP contribution in [-0.2, 0) is 6.42 Å². The number of nitrogens with zero attached hydrogens (tertiary/aromatic N) is 2. The maximum absolute atomic E-state index is 10.8. The average Bonchev–Trinajstić information content (AvgIpc) is 2.69. The second kappa shape index (κ2) is 4.40. The molecule has 2 heterocycles. The average molecular weight is 234 g/mol. The fourth-order valence-electron chi connectivity index (χ4n) is 1.39. The maximum atomic E-state index is 10.8. The maximum Gasteiger partial charge on any atom is 0.354 e. The van der Waals surface area contributed by atoms with Gasteiger partial charge in [0.05, 0.1) is 0 Å². The van der Waals surface area contributed by atoms with Gasteiger partial charge in [0, 0.05) is 17.0 Å². The van der Waals surface area contributed by atoms with Gasteiger partial charge in [-0.25, -0.2) is 14.8 Å². The van der Waals surface area contributed by atoms with Gasteiger partial charge in [-0.1, -0.05) is 6.07 Å². The van der Waals surface area contributed by atoms with Crippen molar-refractivity contribution < 1.29 is 9.90 Å². The first-order chi connectivity index (χ1) is 7.65. The van der Waals surface area contributed by atoms with Gasteiger partial charge < -0.3 is 5.11 Å². The Hall–Kier alpha value is -1.75. The lowest BCUT2D eigenvalue weighted by atomic mass is 10.3. The standard InChI is InChI=1S/C11H10N2O2S/c1-7-5-9(11(14)15)13-10(12-7)6-8-3-2-4-16-8/h2-5H,6H2,1H3,(H,14,15). The summed E-state index contributed by atoms with van der Waals surface area (Å²) in [5, 5.41) is 10.8. The highest BCUT2D eigenvalue weighted by Crippen LogP contribution is 2.13. The Labute approximate surface area is 96.6 Å². The number of aryl methyl sites for hydroxylation is 1. The third kappa shape index (κ3) is 2.43. The van der Waals surface area contributed by atoms with E-state index in [1.165, 1.54) is 6.07 Å². The molecular formula is C11H10N2O2S. The van der Waals surface area contributed by atoms with E-state index in [9.17, 15) is 4.79 Å². The molecule has 82 valence electrons. The fraction of sp³-hybridized carbons (Fsp3) is 0.182. The number of aromatic carboxylic acids is 1. The minimum atomic E-state index is -1.02. The summed E-state index contributed by atoms with van der Waals surface area (Å²) >= 11 is 1.61. The SMILES string of the molecule is Cc1cc(C(=O)O)nc(Cc2cccs2)n1. The predicted molar refractivity (Wildman–Crippen MR) is 60.9 cm³/mol. The lowest BCUT2D eigenvalue weighted by Gasteiger charge is -2.01. The Morgan fingerprint density at radius 1 is 1.50 bits per heavy atom. The van der Waals surface area contributed by atoms with E-state index in [1.54, 1.807) is 18.3 Å². The van der Waals surface area contributed by atoms with E-state index < -0.39 is 5.97 Å². The smallest absolute Gasteiger partial charge is 0.354 e. The molecule has 0 saturated carbocycles. The molecule has 0 aliphatic heterocycles. The van der Waals surface area contributed by atoms with Crippen LogP contribution in [0.4, 0.5) is 0 Å². The van der Waals surface area contributed by atoms with E-state index >= 15 is 0 Å². The number of carboxylic acid groups (broad SMARTS) is 1. The largest absolute Gasteiger partial charge is 0.477 e. The lowest BCUT2D eigenvalue weighted by molar-refractivity contribution is 0.0689. The molecule has 0 fully saturated rings. The van der Waals surface area contributed by atoms with Crippen LogP contribution in [0.2, 0.25) is 0 Å². The molecule has 1 N–H and O–H groups in total. The summed E-state index contributed by atoms with van der Waals surface area (Å²) in [5.74, 6) is -0.460. The first kappa shape index (κ1) is 10.8. The lowest BCUT2D eigenvalue weighted by Crippen LogP contribution is -2.06. The molecule has 0 unspecified atom stereocenters. The molecule has 0 amide bonds. The highest BCUT2D eigenvalue weighted by Gasteiger charge is 2.09. The number of rotatable bonds is 3. The summed E-state index contributed by atoms with van der Waals surface area (Å²) in [6.07, 6.45) is 0.583. The van der Waals surface area contributed by atoms with Gasteiger partial charge in [0.1, 0.15) is 5.82 Å². The van der Waals surface area contributed by atoms with Gasteiger partial charge in [-0.2, -0.15) is 0 Å². The van der Waals surface area contributed by atoms with E-state index in [2.05, 4.69) is 9.97 Å². The van der Waals surface area contributed by atoms with Crippen molar-refractivity contribution in [1.29, 1.82) is 0 Å². The van der Waals surface area contributed by atoms with Crippen molar-refractivity contribution in [3.05, 3.63) is 45.7 Å². The fourth-order valence-corrected chi connectivity index (χ4v) is 2.09. The quantitative estimate of drug-likeness (QED) is 0.883. The van der Waals surface area contributed by atoms with Gasteiger partial charge >= 0.3 is 5.97 Å². The number of carboxylic acids is 1. The first-order valence-electron chi connectivity index (χ1n) is 4.75. The number of hydrogen-bond acceptors (Lipinski definition) is 4. The van der Waals surface area contributed by atoms with Crippen molar-refractivity contribution in [1.82, 2.24) is 9.97 Å². The normalized spacial score (nSPS) is 10.3. The zero-order valence-corrected chi connectivity index (χ0v) is 9.49. The molecule has 0 aromatic carbocycles. The predicted octanol–water partition coefficient (Wildman–Crippen LogP) is 2.14. The van der Waals surface area contributed by atoms with Crippen molar-refractivity contribution in [2.75, 3.05) is 0 Å². The molecule has 0 spiro atoms. The first-order valence-corrected chi connectivity index (χ1v) is 5.63. The van der Waals surface area contributed by atoms with Crippen LogP contribution < -0.4 is 0 Å². The summed E-state index contributed by atoms with van der Waals surface area (Å²) in [4.78, 5) is 20.2. The number of hydrogen-bond donors (Lipinski definition) is 1. The molecule has 0 saturated heterocycles. The van der Waals surface area contributed by atoms with Crippen LogP contribution in [0.25, 0.3) is 0 Å². The molecular weight excluding hydrogens is 224 g/mol. The van der Waals surface area contributed by atoms with Gasteiger partial charge in [0.2, 0.25) is 0 Å². The summed E-state index contributed by atoms with van der Waals surface area (Å²) in [5.41, 5.74) is 0.734. The molecule has 0 aliphatic carbocycles. The Kier molecular flexibility index (Phi) is 2.96.